The van der Waals surface area contributed by atoms with Gasteiger partial charge in [0.2, 0.25) is 5.69 Å². The monoisotopic (exact) mass is 261 g/mol. The Kier molecular flexibility index (Phi) is 3.07. The molecule has 0 bridgehead atoms. The number of benzene rings is 2. The molecule has 1 heterocycles. The van der Waals surface area contributed by atoms with Crippen LogP contribution in [0.15, 0.2) is 59.7 Å². The van der Waals surface area contributed by atoms with Crippen molar-refractivity contribution in [3.63, 3.8) is 0 Å². The molecule has 0 amide bonds. The van der Waals surface area contributed by atoms with E-state index in [1.165, 1.54) is 21.9 Å². The molecule has 0 aliphatic heterocycles. The molecule has 98 valence electrons. The third-order valence-corrected chi connectivity index (χ3v) is 3.68. The molecule has 0 aliphatic carbocycles. The van der Waals surface area contributed by atoms with Crippen LogP contribution in [0.1, 0.15) is 5.56 Å². The molecule has 20 heavy (non-hydrogen) atoms. The van der Waals surface area contributed by atoms with Crippen LogP contribution in [0, 0.1) is 6.92 Å². The Morgan fingerprint density at radius 3 is 2.40 bits per heavy atom. The van der Waals surface area contributed by atoms with Gasteiger partial charge >= 0.3 is 0 Å². The maximum atomic E-state index is 4.03. The Labute approximate surface area is 119 Å². The Bertz CT molecular complexity index is 804. The lowest BCUT2D eigenvalue weighted by atomic mass is 9.99. The maximum absolute atomic E-state index is 4.03. The average Bonchev–Trinajstić information content (AvgIpc) is 2.47. The van der Waals surface area contributed by atoms with E-state index in [1.54, 1.807) is 0 Å². The second-order valence-electron chi connectivity index (χ2n) is 5.05. The molecule has 2 aromatic carbocycles. The fraction of sp³-hybridized carbons (Fsp3) is 0.111. The second-order valence-corrected chi connectivity index (χ2v) is 5.05. The summed E-state index contributed by atoms with van der Waals surface area (Å²) < 4.78 is 2.12. The van der Waals surface area contributed by atoms with Crippen LogP contribution in [0.4, 0.5) is 5.69 Å². The van der Waals surface area contributed by atoms with E-state index in [0.717, 1.165) is 11.4 Å². The highest BCUT2D eigenvalue weighted by atomic mass is 14.9. The molecule has 0 saturated carbocycles. The third-order valence-electron chi connectivity index (χ3n) is 3.68. The van der Waals surface area contributed by atoms with Crippen molar-refractivity contribution >= 4 is 23.2 Å². The van der Waals surface area contributed by atoms with Crippen LogP contribution in [-0.4, -0.2) is 6.72 Å². The van der Waals surface area contributed by atoms with Crippen LogP contribution in [0.3, 0.4) is 0 Å². The molecule has 0 fully saturated rings. The summed E-state index contributed by atoms with van der Waals surface area (Å²) in [5.74, 6) is 0. The highest BCUT2D eigenvalue weighted by Crippen LogP contribution is 2.28. The van der Waals surface area contributed by atoms with Gasteiger partial charge in [-0.2, -0.15) is 0 Å². The van der Waals surface area contributed by atoms with Gasteiger partial charge in [0.1, 0.15) is 7.05 Å². The van der Waals surface area contributed by atoms with Crippen LogP contribution < -0.4 is 4.57 Å². The summed E-state index contributed by atoms with van der Waals surface area (Å²) >= 11 is 0. The molecule has 0 saturated heterocycles. The Balaban J connectivity index is 2.28. The van der Waals surface area contributed by atoms with E-state index in [9.17, 15) is 0 Å². The molecule has 2 nitrogen and oxygen atoms in total. The van der Waals surface area contributed by atoms with Gasteiger partial charge in [-0.05, 0) is 36.0 Å². The largest absolute Gasteiger partial charge is 0.264 e. The van der Waals surface area contributed by atoms with E-state index in [4.69, 9.17) is 0 Å². The maximum Gasteiger partial charge on any atom is 0.214 e. The quantitative estimate of drug-likeness (QED) is 0.490. The van der Waals surface area contributed by atoms with Gasteiger partial charge in [0.15, 0.2) is 6.20 Å². The zero-order valence-electron chi connectivity index (χ0n) is 11.8. The smallest absolute Gasteiger partial charge is 0.214 e. The summed E-state index contributed by atoms with van der Waals surface area (Å²) in [5, 5.41) is 2.53. The van der Waals surface area contributed by atoms with E-state index in [-0.39, 0.29) is 0 Å². The predicted molar refractivity (Wildman–Crippen MR) is 84.5 cm³/mol. The minimum absolute atomic E-state index is 0.894. The summed E-state index contributed by atoms with van der Waals surface area (Å²) in [6.07, 6.45) is 2.02. The van der Waals surface area contributed by atoms with Crippen molar-refractivity contribution in [1.82, 2.24) is 0 Å². The van der Waals surface area contributed by atoms with Crippen molar-refractivity contribution in [2.24, 2.45) is 12.0 Å². The highest BCUT2D eigenvalue weighted by molar-refractivity contribution is 5.88. The van der Waals surface area contributed by atoms with Crippen molar-refractivity contribution < 1.29 is 4.57 Å². The molecule has 0 spiro atoms. The molecule has 1 aromatic heterocycles. The second kappa shape index (κ2) is 4.89. The van der Waals surface area contributed by atoms with E-state index in [0.29, 0.717) is 0 Å². The summed E-state index contributed by atoms with van der Waals surface area (Å²) in [6.45, 7) is 5.76. The Hall–Kier alpha value is -2.48. The fourth-order valence-electron chi connectivity index (χ4n) is 2.55. The number of aryl methyl sites for hydroxylation is 2. The number of hydrogen-bond donors (Lipinski definition) is 0. The first-order valence-electron chi connectivity index (χ1n) is 6.65. The number of aliphatic imine (C=N–C) groups is 1. The third kappa shape index (κ3) is 2.10. The van der Waals surface area contributed by atoms with Gasteiger partial charge in [-0.3, -0.25) is 4.99 Å². The van der Waals surface area contributed by atoms with Crippen molar-refractivity contribution in [3.8, 4) is 11.3 Å². The van der Waals surface area contributed by atoms with Crippen molar-refractivity contribution in [2.75, 3.05) is 0 Å². The highest BCUT2D eigenvalue weighted by Gasteiger charge is 2.14. The Morgan fingerprint density at radius 2 is 1.70 bits per heavy atom. The first-order valence-corrected chi connectivity index (χ1v) is 6.65. The lowest BCUT2D eigenvalue weighted by Gasteiger charge is -2.07. The summed E-state index contributed by atoms with van der Waals surface area (Å²) in [7, 11) is 2.05. The molecule has 2 heteroatoms. The first kappa shape index (κ1) is 12.5. The van der Waals surface area contributed by atoms with E-state index in [2.05, 4.69) is 72.7 Å². The molecule has 0 atom stereocenters. The minimum atomic E-state index is 0.894. The van der Waals surface area contributed by atoms with Crippen LogP contribution in [0.2, 0.25) is 0 Å². The number of pyridine rings is 1. The van der Waals surface area contributed by atoms with Crippen molar-refractivity contribution in [2.45, 2.75) is 6.92 Å². The van der Waals surface area contributed by atoms with Gasteiger partial charge in [-0.1, -0.05) is 30.3 Å². The average molecular weight is 261 g/mol. The van der Waals surface area contributed by atoms with Gasteiger partial charge in [0, 0.05) is 17.7 Å². The molecule has 3 aromatic rings. The minimum Gasteiger partial charge on any atom is -0.264 e. The zero-order valence-corrected chi connectivity index (χ0v) is 11.8. The molecule has 0 N–H and O–H groups in total. The number of fused-ring (bicyclic) bond motifs is 1. The lowest BCUT2D eigenvalue weighted by Crippen LogP contribution is -2.30. The molecule has 3 rings (SSSR count). The van der Waals surface area contributed by atoms with Crippen molar-refractivity contribution in [1.29, 1.82) is 0 Å². The Morgan fingerprint density at radius 1 is 1.00 bits per heavy atom. The van der Waals surface area contributed by atoms with Crippen molar-refractivity contribution in [3.05, 3.63) is 60.3 Å². The van der Waals surface area contributed by atoms with Crippen LogP contribution in [-0.2, 0) is 7.05 Å². The number of rotatable bonds is 2. The van der Waals surface area contributed by atoms with E-state index < -0.39 is 0 Å². The summed E-state index contributed by atoms with van der Waals surface area (Å²) in [5.41, 5.74) is 4.54. The van der Waals surface area contributed by atoms with Gasteiger partial charge in [0.25, 0.3) is 0 Å². The topological polar surface area (TPSA) is 16.2 Å². The van der Waals surface area contributed by atoms with Crippen LogP contribution in [0.5, 0.6) is 0 Å². The molecular formula is C18H17N2+. The predicted octanol–water partition coefficient (Wildman–Crippen LogP) is 3.97. The van der Waals surface area contributed by atoms with Gasteiger partial charge in [-0.25, -0.2) is 4.57 Å². The molecule has 0 radical (unpaired) electrons. The number of aromatic nitrogens is 1. The van der Waals surface area contributed by atoms with Gasteiger partial charge in [-0.15, -0.1) is 0 Å². The first-order chi connectivity index (χ1) is 9.69. The van der Waals surface area contributed by atoms with Crippen LogP contribution in [0.25, 0.3) is 22.0 Å². The van der Waals surface area contributed by atoms with Crippen LogP contribution >= 0.6 is 0 Å². The van der Waals surface area contributed by atoms with E-state index >= 15 is 0 Å². The summed E-state index contributed by atoms with van der Waals surface area (Å²) in [6, 6.07) is 17.0. The zero-order chi connectivity index (χ0) is 14.1. The normalized spacial score (nSPS) is 10.7. The fourth-order valence-corrected chi connectivity index (χ4v) is 2.55. The van der Waals surface area contributed by atoms with E-state index in [1.807, 2.05) is 12.3 Å². The lowest BCUT2D eigenvalue weighted by molar-refractivity contribution is -0.660. The SMILES string of the molecule is C=Nc1cc[n+](C)c(-c2cc3ccccc3cc2C)c1. The standard InChI is InChI=1S/C18H17N2/c1-13-10-14-6-4-5-7-15(14)11-17(13)18-12-16(19-2)8-9-20(18)3/h4-12H,2H2,1,3H3/q+1. The molecule has 0 unspecified atom stereocenters. The number of nitrogens with zero attached hydrogens (tertiary/aromatic N) is 2. The van der Waals surface area contributed by atoms with Gasteiger partial charge < -0.3 is 0 Å². The molecule has 0 aliphatic rings. The van der Waals surface area contributed by atoms with Gasteiger partial charge in [0.05, 0.1) is 5.69 Å². The summed E-state index contributed by atoms with van der Waals surface area (Å²) in [4.78, 5) is 4.03. The number of hydrogen-bond acceptors (Lipinski definition) is 1. The molecular weight excluding hydrogens is 244 g/mol.